The van der Waals surface area contributed by atoms with Crippen molar-refractivity contribution in [1.29, 1.82) is 0 Å². The number of nitro benzene ring substituents is 1. The Kier molecular flexibility index (Phi) is 6.98. The Balaban J connectivity index is 1.84. The van der Waals surface area contributed by atoms with Crippen molar-refractivity contribution in [3.05, 3.63) is 100 Å². The van der Waals surface area contributed by atoms with E-state index in [1.165, 1.54) is 6.07 Å². The number of ether oxygens (including phenoxy) is 1. The Morgan fingerprint density at radius 2 is 1.53 bits per heavy atom. The Hall–Kier alpha value is -3.45. The van der Waals surface area contributed by atoms with Crippen molar-refractivity contribution in [3.8, 4) is 0 Å². The quantitative estimate of drug-likeness (QED) is 0.205. The number of ketones is 1. The van der Waals surface area contributed by atoms with Crippen molar-refractivity contribution in [1.82, 2.24) is 0 Å². The van der Waals surface area contributed by atoms with Crippen molar-refractivity contribution >= 4 is 29.2 Å². The van der Waals surface area contributed by atoms with Gasteiger partial charge in [-0.25, -0.2) is 4.79 Å². The third kappa shape index (κ3) is 4.93. The molecule has 3 aromatic rings. The fourth-order valence-corrected chi connectivity index (χ4v) is 3.88. The summed E-state index contributed by atoms with van der Waals surface area (Å²) in [4.78, 5) is 37.3. The standard InChI is InChI=1S/C23H19NO5S/c1-2-19(22(25)16-10-4-3-5-11-16)29-23(26)17-12-6-8-14-20(17)30-21-15-9-7-13-18(21)24(27)28/h3-15,19H,2H2,1H3/t19-/m0/s1. The first kappa shape index (κ1) is 21.3. The minimum absolute atomic E-state index is 0.0450. The van der Waals surface area contributed by atoms with E-state index in [2.05, 4.69) is 0 Å². The van der Waals surface area contributed by atoms with E-state index in [9.17, 15) is 19.7 Å². The number of hydrogen-bond acceptors (Lipinski definition) is 6. The average Bonchev–Trinajstić information content (AvgIpc) is 2.78. The highest BCUT2D eigenvalue weighted by atomic mass is 32.2. The lowest BCUT2D eigenvalue weighted by Crippen LogP contribution is -2.27. The molecule has 0 aliphatic rings. The molecule has 152 valence electrons. The molecule has 0 unspecified atom stereocenters. The normalized spacial score (nSPS) is 11.5. The van der Waals surface area contributed by atoms with Gasteiger partial charge in [0.15, 0.2) is 6.10 Å². The molecule has 0 N–H and O–H groups in total. The molecule has 30 heavy (non-hydrogen) atoms. The smallest absolute Gasteiger partial charge is 0.340 e. The summed E-state index contributed by atoms with van der Waals surface area (Å²) in [5.41, 5.74) is 0.677. The highest BCUT2D eigenvalue weighted by Gasteiger charge is 2.25. The number of carbonyl (C=O) groups is 2. The van der Waals surface area contributed by atoms with Gasteiger partial charge >= 0.3 is 5.97 Å². The van der Waals surface area contributed by atoms with Crippen molar-refractivity contribution in [2.45, 2.75) is 29.2 Å². The largest absolute Gasteiger partial charge is 0.450 e. The molecule has 6 nitrogen and oxygen atoms in total. The number of rotatable bonds is 8. The number of para-hydroxylation sites is 1. The van der Waals surface area contributed by atoms with Crippen LogP contribution in [0.3, 0.4) is 0 Å². The molecule has 3 aromatic carbocycles. The molecule has 0 bridgehead atoms. The molecule has 1 atom stereocenters. The summed E-state index contributed by atoms with van der Waals surface area (Å²) in [6, 6.07) is 21.7. The zero-order valence-electron chi connectivity index (χ0n) is 16.2. The maximum atomic E-state index is 12.9. The predicted octanol–water partition coefficient (Wildman–Crippen LogP) is 5.56. The van der Waals surface area contributed by atoms with E-state index >= 15 is 0 Å². The number of esters is 1. The lowest BCUT2D eigenvalue weighted by atomic mass is 10.0. The SMILES string of the molecule is CC[C@H](OC(=O)c1ccccc1Sc1ccccc1[N+](=O)[O-])C(=O)c1ccccc1. The van der Waals surface area contributed by atoms with Crippen LogP contribution < -0.4 is 0 Å². The maximum absolute atomic E-state index is 12.9. The van der Waals surface area contributed by atoms with Gasteiger partial charge < -0.3 is 4.74 Å². The van der Waals surface area contributed by atoms with Gasteiger partial charge in [-0.3, -0.25) is 14.9 Å². The van der Waals surface area contributed by atoms with Crippen molar-refractivity contribution in [2.75, 3.05) is 0 Å². The van der Waals surface area contributed by atoms with Gasteiger partial charge in [0.25, 0.3) is 5.69 Å². The molecule has 0 amide bonds. The minimum atomic E-state index is -0.913. The third-order valence-electron chi connectivity index (χ3n) is 4.36. The van der Waals surface area contributed by atoms with Crippen LogP contribution in [-0.2, 0) is 4.74 Å². The van der Waals surface area contributed by atoms with Gasteiger partial charge in [-0.1, -0.05) is 73.3 Å². The van der Waals surface area contributed by atoms with Gasteiger partial charge in [-0.2, -0.15) is 0 Å². The summed E-state index contributed by atoms with van der Waals surface area (Å²) in [5, 5.41) is 11.3. The fourth-order valence-electron chi connectivity index (χ4n) is 2.84. The lowest BCUT2D eigenvalue weighted by Gasteiger charge is -2.16. The Morgan fingerprint density at radius 3 is 2.20 bits per heavy atom. The summed E-state index contributed by atoms with van der Waals surface area (Å²) in [6.45, 7) is 1.77. The Labute approximate surface area is 178 Å². The molecule has 0 radical (unpaired) electrons. The molecular formula is C23H19NO5S. The Bertz CT molecular complexity index is 1070. The van der Waals surface area contributed by atoms with Crippen molar-refractivity contribution in [3.63, 3.8) is 0 Å². The van der Waals surface area contributed by atoms with E-state index in [-0.39, 0.29) is 17.0 Å². The molecule has 7 heteroatoms. The molecule has 0 fully saturated rings. The maximum Gasteiger partial charge on any atom is 0.340 e. The van der Waals surface area contributed by atoms with Gasteiger partial charge in [0, 0.05) is 16.5 Å². The minimum Gasteiger partial charge on any atom is -0.450 e. The number of Topliss-reactive ketones (excluding diaryl/α,β-unsaturated/α-hetero) is 1. The van der Waals surface area contributed by atoms with Crippen LogP contribution in [0.15, 0.2) is 88.7 Å². The van der Waals surface area contributed by atoms with Gasteiger partial charge in [-0.15, -0.1) is 0 Å². The second-order valence-electron chi connectivity index (χ2n) is 6.36. The van der Waals surface area contributed by atoms with Crippen LogP contribution in [0.25, 0.3) is 0 Å². The predicted molar refractivity (Wildman–Crippen MR) is 114 cm³/mol. The van der Waals surface area contributed by atoms with Crippen LogP contribution in [0.2, 0.25) is 0 Å². The van der Waals surface area contributed by atoms with Crippen LogP contribution in [0.5, 0.6) is 0 Å². The van der Waals surface area contributed by atoms with E-state index in [1.807, 2.05) is 0 Å². The number of benzene rings is 3. The molecule has 0 saturated heterocycles. The van der Waals surface area contributed by atoms with E-state index in [0.29, 0.717) is 21.8 Å². The summed E-state index contributed by atoms with van der Waals surface area (Å²) in [6.07, 6.45) is -0.581. The van der Waals surface area contributed by atoms with E-state index in [0.717, 1.165) is 11.8 Å². The molecule has 0 spiro atoms. The van der Waals surface area contributed by atoms with E-state index < -0.39 is 17.0 Å². The zero-order valence-corrected chi connectivity index (χ0v) is 17.0. The van der Waals surface area contributed by atoms with Gasteiger partial charge in [-0.05, 0) is 24.6 Å². The lowest BCUT2D eigenvalue weighted by molar-refractivity contribution is -0.387. The fraction of sp³-hybridized carbons (Fsp3) is 0.130. The van der Waals surface area contributed by atoms with Crippen LogP contribution >= 0.6 is 11.8 Å². The first-order valence-corrected chi connectivity index (χ1v) is 10.1. The second kappa shape index (κ2) is 9.84. The van der Waals surface area contributed by atoms with Crippen LogP contribution in [0.4, 0.5) is 5.69 Å². The number of nitrogens with zero attached hydrogens (tertiary/aromatic N) is 1. The molecule has 0 aliphatic heterocycles. The van der Waals surface area contributed by atoms with Crippen LogP contribution in [-0.4, -0.2) is 22.8 Å². The van der Waals surface area contributed by atoms with Crippen molar-refractivity contribution in [2.24, 2.45) is 0 Å². The molecular weight excluding hydrogens is 402 g/mol. The summed E-state index contributed by atoms with van der Waals surface area (Å²) >= 11 is 1.11. The molecule has 0 heterocycles. The highest BCUT2D eigenvalue weighted by molar-refractivity contribution is 7.99. The molecule has 3 rings (SSSR count). The first-order chi connectivity index (χ1) is 14.5. The first-order valence-electron chi connectivity index (χ1n) is 9.31. The van der Waals surface area contributed by atoms with Gasteiger partial charge in [0.05, 0.1) is 15.4 Å². The summed E-state index contributed by atoms with van der Waals surface area (Å²) < 4.78 is 5.52. The van der Waals surface area contributed by atoms with E-state index in [1.54, 1.807) is 79.7 Å². The number of carbonyl (C=O) groups excluding carboxylic acids is 2. The van der Waals surface area contributed by atoms with E-state index in [4.69, 9.17) is 4.74 Å². The second-order valence-corrected chi connectivity index (χ2v) is 7.44. The monoisotopic (exact) mass is 421 g/mol. The third-order valence-corrected chi connectivity index (χ3v) is 5.50. The summed E-state index contributed by atoms with van der Waals surface area (Å²) in [5.74, 6) is -0.914. The highest BCUT2D eigenvalue weighted by Crippen LogP contribution is 2.36. The van der Waals surface area contributed by atoms with Gasteiger partial charge in [0.1, 0.15) is 0 Å². The molecule has 0 aromatic heterocycles. The average molecular weight is 421 g/mol. The molecule has 0 saturated carbocycles. The van der Waals surface area contributed by atoms with Crippen molar-refractivity contribution < 1.29 is 19.2 Å². The topological polar surface area (TPSA) is 86.5 Å². The summed E-state index contributed by atoms with van der Waals surface area (Å²) in [7, 11) is 0. The van der Waals surface area contributed by atoms with Gasteiger partial charge in [0.2, 0.25) is 5.78 Å². The van der Waals surface area contributed by atoms with Crippen LogP contribution in [0, 0.1) is 10.1 Å². The number of hydrogen-bond donors (Lipinski definition) is 0. The van der Waals surface area contributed by atoms with Crippen LogP contribution in [0.1, 0.15) is 34.1 Å². The molecule has 0 aliphatic carbocycles. The number of nitro groups is 1. The zero-order chi connectivity index (χ0) is 21.5. The Morgan fingerprint density at radius 1 is 0.933 bits per heavy atom.